The Morgan fingerprint density at radius 2 is 2.15 bits per heavy atom. The number of ether oxygens (including phenoxy) is 1. The Balaban J connectivity index is 1.54. The van der Waals surface area contributed by atoms with Gasteiger partial charge in [0.1, 0.15) is 11.6 Å². The average molecular weight is 384 g/mol. The monoisotopic (exact) mass is 383 g/mol. The number of rotatable bonds is 1. The van der Waals surface area contributed by atoms with E-state index in [0.717, 1.165) is 54.7 Å². The van der Waals surface area contributed by atoms with Crippen LogP contribution in [0.5, 0.6) is 0 Å². The molecule has 1 saturated heterocycles. The van der Waals surface area contributed by atoms with Crippen molar-refractivity contribution < 1.29 is 4.74 Å². The van der Waals surface area contributed by atoms with E-state index in [0.29, 0.717) is 12.5 Å². The minimum atomic E-state index is -0.277. The lowest BCUT2D eigenvalue weighted by Crippen LogP contribution is -2.39. The first-order chi connectivity index (χ1) is 13.1. The van der Waals surface area contributed by atoms with Crippen molar-refractivity contribution in [2.45, 2.75) is 58.2 Å². The van der Waals surface area contributed by atoms with Gasteiger partial charge in [0.25, 0.3) is 0 Å². The highest BCUT2D eigenvalue weighted by Gasteiger charge is 2.44. The maximum atomic E-state index is 6.57. The second-order valence-electron chi connectivity index (χ2n) is 8.44. The van der Waals surface area contributed by atoms with E-state index in [1.807, 2.05) is 19.1 Å². The van der Waals surface area contributed by atoms with Gasteiger partial charge in [-0.15, -0.1) is 0 Å². The van der Waals surface area contributed by atoms with Gasteiger partial charge in [-0.25, -0.2) is 9.97 Å². The number of anilines is 1. The third-order valence-corrected chi connectivity index (χ3v) is 6.83. The number of benzene rings is 1. The highest BCUT2D eigenvalue weighted by Crippen LogP contribution is 2.48. The first-order valence-electron chi connectivity index (χ1n) is 10.1. The second kappa shape index (κ2) is 6.46. The molecular weight excluding hydrogens is 358 g/mol. The number of halogens is 1. The van der Waals surface area contributed by atoms with Gasteiger partial charge in [0, 0.05) is 30.1 Å². The molecule has 5 rings (SSSR count). The molecule has 1 fully saturated rings. The molecule has 0 bridgehead atoms. The number of aromatic nitrogens is 2. The van der Waals surface area contributed by atoms with Crippen LogP contribution in [-0.2, 0) is 29.8 Å². The van der Waals surface area contributed by atoms with Gasteiger partial charge in [-0.3, -0.25) is 0 Å². The molecule has 27 heavy (non-hydrogen) atoms. The molecule has 0 saturated carbocycles. The van der Waals surface area contributed by atoms with E-state index >= 15 is 0 Å². The fourth-order valence-electron chi connectivity index (χ4n) is 5.14. The zero-order valence-corrected chi connectivity index (χ0v) is 16.9. The minimum absolute atomic E-state index is 0.277. The molecule has 0 amide bonds. The van der Waals surface area contributed by atoms with Gasteiger partial charge in [0.05, 0.1) is 17.9 Å². The highest BCUT2D eigenvalue weighted by molar-refractivity contribution is 6.31. The van der Waals surface area contributed by atoms with E-state index in [-0.39, 0.29) is 5.60 Å². The van der Waals surface area contributed by atoms with E-state index in [4.69, 9.17) is 26.3 Å². The van der Waals surface area contributed by atoms with Crippen LogP contribution in [0.2, 0.25) is 5.02 Å². The summed E-state index contributed by atoms with van der Waals surface area (Å²) in [5.74, 6) is 2.68. The van der Waals surface area contributed by atoms with Gasteiger partial charge < -0.3 is 9.64 Å². The van der Waals surface area contributed by atoms with E-state index in [1.165, 1.54) is 29.5 Å². The standard InChI is InChI=1S/C22H26ClN3O/c1-14-5-4-10-26(12-14)21-17-13-27-22(11-20(17)24-15(2)25-21)9-8-16-18(22)6-3-7-19(16)23/h3,6-7,14H,4-5,8-13H2,1-2H3. The zero-order chi connectivity index (χ0) is 18.6. The van der Waals surface area contributed by atoms with Crippen molar-refractivity contribution >= 4 is 17.4 Å². The quantitative estimate of drug-likeness (QED) is 0.721. The van der Waals surface area contributed by atoms with Crippen molar-refractivity contribution in [1.82, 2.24) is 9.97 Å². The molecule has 2 aromatic rings. The lowest BCUT2D eigenvalue weighted by molar-refractivity contribution is -0.0729. The maximum Gasteiger partial charge on any atom is 0.138 e. The van der Waals surface area contributed by atoms with Crippen LogP contribution >= 0.6 is 11.6 Å². The van der Waals surface area contributed by atoms with Crippen molar-refractivity contribution in [3.63, 3.8) is 0 Å². The van der Waals surface area contributed by atoms with Crippen molar-refractivity contribution in [2.24, 2.45) is 5.92 Å². The van der Waals surface area contributed by atoms with E-state index < -0.39 is 0 Å². The summed E-state index contributed by atoms with van der Waals surface area (Å²) >= 11 is 6.45. The number of hydrogen-bond donors (Lipinski definition) is 0. The van der Waals surface area contributed by atoms with E-state index in [1.54, 1.807) is 0 Å². The van der Waals surface area contributed by atoms with E-state index in [9.17, 15) is 0 Å². The topological polar surface area (TPSA) is 38.2 Å². The smallest absolute Gasteiger partial charge is 0.138 e. The normalized spacial score (nSPS) is 26.9. The summed E-state index contributed by atoms with van der Waals surface area (Å²) in [5.41, 5.74) is 4.58. The summed E-state index contributed by atoms with van der Waals surface area (Å²) in [6.07, 6.45) is 5.31. The van der Waals surface area contributed by atoms with Gasteiger partial charge in [-0.1, -0.05) is 30.7 Å². The highest BCUT2D eigenvalue weighted by atomic mass is 35.5. The average Bonchev–Trinajstić information content (AvgIpc) is 3.00. The summed E-state index contributed by atoms with van der Waals surface area (Å²) in [6.45, 7) is 7.08. The SMILES string of the molecule is Cc1nc2c(c(N3CCCC(C)C3)n1)COC1(CCc3c(Cl)cccc31)C2. The zero-order valence-electron chi connectivity index (χ0n) is 16.1. The van der Waals surface area contributed by atoms with Crippen LogP contribution in [0.15, 0.2) is 18.2 Å². The van der Waals surface area contributed by atoms with Gasteiger partial charge >= 0.3 is 0 Å². The van der Waals surface area contributed by atoms with Gasteiger partial charge in [-0.2, -0.15) is 0 Å². The first kappa shape index (κ1) is 17.4. The van der Waals surface area contributed by atoms with Crippen molar-refractivity contribution in [3.05, 3.63) is 51.4 Å². The van der Waals surface area contributed by atoms with Gasteiger partial charge in [0.15, 0.2) is 0 Å². The van der Waals surface area contributed by atoms with Crippen LogP contribution in [0, 0.1) is 12.8 Å². The molecule has 5 heteroatoms. The summed E-state index contributed by atoms with van der Waals surface area (Å²) in [4.78, 5) is 12.1. The number of aryl methyl sites for hydroxylation is 1. The van der Waals surface area contributed by atoms with E-state index in [2.05, 4.69) is 17.9 Å². The molecule has 1 aromatic carbocycles. The molecule has 142 valence electrons. The minimum Gasteiger partial charge on any atom is -0.365 e. The first-order valence-corrected chi connectivity index (χ1v) is 10.5. The Morgan fingerprint density at radius 1 is 1.26 bits per heavy atom. The second-order valence-corrected chi connectivity index (χ2v) is 8.85. The lowest BCUT2D eigenvalue weighted by Gasteiger charge is -2.39. The molecule has 0 N–H and O–H groups in total. The summed E-state index contributed by atoms with van der Waals surface area (Å²) in [6, 6.07) is 6.21. The van der Waals surface area contributed by atoms with Gasteiger partial charge in [0.2, 0.25) is 0 Å². The van der Waals surface area contributed by atoms with Crippen LogP contribution in [0.4, 0.5) is 5.82 Å². The Morgan fingerprint density at radius 3 is 3.00 bits per heavy atom. The predicted octanol–water partition coefficient (Wildman–Crippen LogP) is 4.59. The third kappa shape index (κ3) is 2.85. The summed E-state index contributed by atoms with van der Waals surface area (Å²) in [5, 5.41) is 0.862. The largest absolute Gasteiger partial charge is 0.365 e. The molecule has 2 aliphatic heterocycles. The molecule has 0 radical (unpaired) electrons. The summed E-state index contributed by atoms with van der Waals surface area (Å²) < 4.78 is 6.57. The van der Waals surface area contributed by atoms with Crippen LogP contribution in [0.3, 0.4) is 0 Å². The number of fused-ring (bicyclic) bond motifs is 3. The third-order valence-electron chi connectivity index (χ3n) is 6.47. The van der Waals surface area contributed by atoms with Crippen molar-refractivity contribution in [3.8, 4) is 0 Å². The molecule has 3 heterocycles. The Labute approximate surface area is 165 Å². The van der Waals surface area contributed by atoms with Crippen LogP contribution < -0.4 is 4.90 Å². The predicted molar refractivity (Wildman–Crippen MR) is 107 cm³/mol. The Hall–Kier alpha value is -1.65. The maximum absolute atomic E-state index is 6.57. The molecule has 1 spiro atoms. The molecule has 2 unspecified atom stereocenters. The van der Waals surface area contributed by atoms with Gasteiger partial charge in [-0.05, 0) is 55.7 Å². The van der Waals surface area contributed by atoms with Crippen molar-refractivity contribution in [2.75, 3.05) is 18.0 Å². The lowest BCUT2D eigenvalue weighted by atomic mass is 9.86. The number of piperidine rings is 1. The molecule has 3 aliphatic rings. The molecular formula is C22H26ClN3O. The van der Waals surface area contributed by atoms with Crippen LogP contribution in [0.25, 0.3) is 0 Å². The Bertz CT molecular complexity index is 899. The Kier molecular flexibility index (Phi) is 4.17. The van der Waals surface area contributed by atoms with Crippen LogP contribution in [-0.4, -0.2) is 23.1 Å². The number of hydrogen-bond acceptors (Lipinski definition) is 4. The number of nitrogens with zero attached hydrogens (tertiary/aromatic N) is 3. The summed E-state index contributed by atoms with van der Waals surface area (Å²) in [7, 11) is 0. The molecule has 4 nitrogen and oxygen atoms in total. The van der Waals surface area contributed by atoms with Crippen LogP contribution in [0.1, 0.15) is 54.4 Å². The molecule has 1 aliphatic carbocycles. The van der Waals surface area contributed by atoms with Crippen molar-refractivity contribution in [1.29, 1.82) is 0 Å². The molecule has 1 aromatic heterocycles. The fourth-order valence-corrected chi connectivity index (χ4v) is 5.41. The molecule has 2 atom stereocenters. The fraction of sp³-hybridized carbons (Fsp3) is 0.545.